The molecule has 29 heavy (non-hydrogen) atoms. The summed E-state index contributed by atoms with van der Waals surface area (Å²) in [6, 6.07) is 0. The second kappa shape index (κ2) is 7.15. The highest BCUT2D eigenvalue weighted by Crippen LogP contribution is 2.48. The predicted octanol–water partition coefficient (Wildman–Crippen LogP) is 2.27. The number of benzene rings is 1. The lowest BCUT2D eigenvalue weighted by molar-refractivity contribution is 0.0957. The van der Waals surface area contributed by atoms with Crippen molar-refractivity contribution in [3.8, 4) is 11.5 Å². The number of allylic oxidation sites excluding steroid dienone is 4. The number of ketones is 2. The van der Waals surface area contributed by atoms with Crippen LogP contribution in [0.3, 0.4) is 0 Å². The van der Waals surface area contributed by atoms with Crippen molar-refractivity contribution in [2.45, 2.75) is 32.1 Å². The van der Waals surface area contributed by atoms with Crippen molar-refractivity contribution in [3.63, 3.8) is 0 Å². The average Bonchev–Trinajstić information content (AvgIpc) is 2.74. The van der Waals surface area contributed by atoms with E-state index in [1.807, 2.05) is 0 Å². The number of ether oxygens (including phenoxy) is 1. The molecule has 0 radical (unpaired) electrons. The number of Topliss-reactive ketones (excluding diaryl/α,β-unsaturated/α-hetero) is 2. The number of aromatic hydroxyl groups is 2. The molecule has 1 unspecified atom stereocenters. The van der Waals surface area contributed by atoms with Gasteiger partial charge in [0.2, 0.25) is 5.78 Å². The monoisotopic (exact) mass is 397 g/mol. The molecule has 0 spiro atoms. The van der Waals surface area contributed by atoms with Gasteiger partial charge in [-0.3, -0.25) is 14.6 Å². The van der Waals surface area contributed by atoms with Gasteiger partial charge in [0.15, 0.2) is 5.78 Å². The van der Waals surface area contributed by atoms with Crippen molar-refractivity contribution in [2.24, 2.45) is 10.9 Å². The molecule has 4 rings (SSSR count). The number of aliphatic hydroxyl groups is 1. The maximum absolute atomic E-state index is 13.2. The van der Waals surface area contributed by atoms with Crippen molar-refractivity contribution < 1.29 is 29.6 Å². The summed E-state index contributed by atoms with van der Waals surface area (Å²) in [5.41, 5.74) is 1.66. The summed E-state index contributed by atoms with van der Waals surface area (Å²) in [7, 11) is 3.06. The lowest BCUT2D eigenvalue weighted by atomic mass is 9.73. The molecule has 0 aliphatic heterocycles. The average molecular weight is 397 g/mol. The third-order valence-electron chi connectivity index (χ3n) is 6.21. The smallest absolute Gasteiger partial charge is 0.201 e. The summed E-state index contributed by atoms with van der Waals surface area (Å²) >= 11 is 0. The zero-order valence-electron chi connectivity index (χ0n) is 16.4. The molecular weight excluding hydrogens is 374 g/mol. The van der Waals surface area contributed by atoms with Crippen molar-refractivity contribution in [2.75, 3.05) is 20.8 Å². The lowest BCUT2D eigenvalue weighted by Gasteiger charge is -2.31. The van der Waals surface area contributed by atoms with Crippen LogP contribution in [0.15, 0.2) is 28.0 Å². The van der Waals surface area contributed by atoms with E-state index in [1.54, 1.807) is 13.1 Å². The SMILES string of the molecule is CN=C(CO)C1CCc2c(O)c3c(c(O)c2C1)C(=O)C1=CCCC(OC)=C1C3=O. The van der Waals surface area contributed by atoms with Crippen LogP contribution in [0.5, 0.6) is 11.5 Å². The first kappa shape index (κ1) is 19.4. The highest BCUT2D eigenvalue weighted by Gasteiger charge is 2.43. The van der Waals surface area contributed by atoms with Crippen molar-refractivity contribution >= 4 is 17.3 Å². The first-order chi connectivity index (χ1) is 13.9. The van der Waals surface area contributed by atoms with Gasteiger partial charge in [-0.25, -0.2) is 0 Å². The number of rotatable bonds is 3. The summed E-state index contributed by atoms with van der Waals surface area (Å²) < 4.78 is 5.33. The molecule has 3 N–H and O–H groups in total. The van der Waals surface area contributed by atoms with Gasteiger partial charge >= 0.3 is 0 Å². The van der Waals surface area contributed by atoms with Gasteiger partial charge in [-0.1, -0.05) is 6.08 Å². The fourth-order valence-corrected chi connectivity index (χ4v) is 4.73. The number of carbonyl (C=O) groups excluding carboxylic acids is 2. The summed E-state index contributed by atoms with van der Waals surface area (Å²) in [6.07, 6.45) is 4.11. The number of aliphatic hydroxyl groups excluding tert-OH is 1. The number of hydrogen-bond acceptors (Lipinski definition) is 7. The minimum atomic E-state index is -0.494. The molecule has 1 aromatic rings. The van der Waals surface area contributed by atoms with E-state index in [1.165, 1.54) is 7.11 Å². The van der Waals surface area contributed by atoms with Gasteiger partial charge in [0, 0.05) is 41.8 Å². The molecule has 0 heterocycles. The number of methoxy groups -OCH3 is 1. The third kappa shape index (κ3) is 2.72. The van der Waals surface area contributed by atoms with Crippen molar-refractivity contribution in [1.29, 1.82) is 0 Å². The molecule has 7 heteroatoms. The van der Waals surface area contributed by atoms with Crippen LogP contribution in [0, 0.1) is 5.92 Å². The standard InChI is InChI=1S/C22H23NO6/c1-23-14(9-24)10-6-7-11-13(8-10)21(27)17-18(19(11)25)22(28)16-12(20(17)26)4-3-5-15(16)29-2/h4,10,24-25,27H,3,5-9H2,1-2H3. The highest BCUT2D eigenvalue weighted by atomic mass is 16.5. The molecule has 0 fully saturated rings. The van der Waals surface area contributed by atoms with Gasteiger partial charge in [-0.2, -0.15) is 0 Å². The molecule has 0 aromatic heterocycles. The van der Waals surface area contributed by atoms with E-state index >= 15 is 0 Å². The number of phenols is 2. The molecule has 0 amide bonds. The number of nitrogens with zero attached hydrogens (tertiary/aromatic N) is 1. The Bertz CT molecular complexity index is 1030. The van der Waals surface area contributed by atoms with Crippen LogP contribution in [0.4, 0.5) is 0 Å². The van der Waals surface area contributed by atoms with Gasteiger partial charge in [-0.15, -0.1) is 0 Å². The van der Waals surface area contributed by atoms with E-state index in [4.69, 9.17) is 4.74 Å². The number of carbonyl (C=O) groups is 2. The number of hydrogen-bond donors (Lipinski definition) is 3. The Morgan fingerprint density at radius 3 is 2.48 bits per heavy atom. The number of aliphatic imine (C=N–C) groups is 1. The predicted molar refractivity (Wildman–Crippen MR) is 106 cm³/mol. The molecule has 3 aliphatic carbocycles. The summed E-state index contributed by atoms with van der Waals surface area (Å²) in [6.45, 7) is -0.188. The van der Waals surface area contributed by atoms with Crippen LogP contribution in [-0.4, -0.2) is 53.4 Å². The van der Waals surface area contributed by atoms with E-state index in [-0.39, 0.29) is 46.3 Å². The fraction of sp³-hybridized carbons (Fsp3) is 0.409. The Labute approximate surface area is 168 Å². The van der Waals surface area contributed by atoms with E-state index in [0.717, 1.165) is 0 Å². The Balaban J connectivity index is 1.93. The summed E-state index contributed by atoms with van der Waals surface area (Å²) in [4.78, 5) is 30.5. The second-order valence-corrected chi connectivity index (χ2v) is 7.53. The quantitative estimate of drug-likeness (QED) is 0.532. The number of fused-ring (bicyclic) bond motifs is 3. The van der Waals surface area contributed by atoms with Gasteiger partial charge in [0.25, 0.3) is 0 Å². The van der Waals surface area contributed by atoms with Crippen molar-refractivity contribution in [3.05, 3.63) is 45.2 Å². The van der Waals surface area contributed by atoms with Gasteiger partial charge in [0.1, 0.15) is 17.3 Å². The van der Waals surface area contributed by atoms with Crippen LogP contribution in [-0.2, 0) is 17.6 Å². The molecule has 1 atom stereocenters. The normalized spacial score (nSPS) is 21.4. The molecular formula is C22H23NO6. The van der Waals surface area contributed by atoms with Gasteiger partial charge < -0.3 is 20.1 Å². The molecule has 0 saturated carbocycles. The minimum absolute atomic E-state index is 0.0975. The maximum Gasteiger partial charge on any atom is 0.201 e. The van der Waals surface area contributed by atoms with E-state index in [2.05, 4.69) is 4.99 Å². The summed E-state index contributed by atoms with van der Waals surface area (Å²) in [5.74, 6) is -1.14. The summed E-state index contributed by atoms with van der Waals surface area (Å²) in [5, 5.41) is 31.5. The third-order valence-corrected chi connectivity index (χ3v) is 6.21. The van der Waals surface area contributed by atoms with Crippen LogP contribution in [0.1, 0.15) is 51.1 Å². The molecule has 0 bridgehead atoms. The molecule has 3 aliphatic rings. The first-order valence-electron chi connectivity index (χ1n) is 9.67. The Hall–Kier alpha value is -2.93. The van der Waals surface area contributed by atoms with Crippen LogP contribution < -0.4 is 0 Å². The van der Waals surface area contributed by atoms with Crippen LogP contribution in [0.25, 0.3) is 0 Å². The molecule has 0 saturated heterocycles. The number of phenolic OH excluding ortho intramolecular Hbond substituents is 2. The van der Waals surface area contributed by atoms with Crippen molar-refractivity contribution in [1.82, 2.24) is 0 Å². The maximum atomic E-state index is 13.2. The van der Waals surface area contributed by atoms with Crippen LogP contribution in [0.2, 0.25) is 0 Å². The van der Waals surface area contributed by atoms with Gasteiger partial charge in [-0.05, 0) is 25.7 Å². The molecule has 7 nitrogen and oxygen atoms in total. The topological polar surface area (TPSA) is 116 Å². The van der Waals surface area contributed by atoms with Crippen LogP contribution >= 0.6 is 0 Å². The first-order valence-corrected chi connectivity index (χ1v) is 9.67. The Kier molecular flexibility index (Phi) is 4.78. The lowest BCUT2D eigenvalue weighted by Crippen LogP contribution is -2.30. The largest absolute Gasteiger partial charge is 0.507 e. The Morgan fingerprint density at radius 2 is 1.83 bits per heavy atom. The molecule has 1 aromatic carbocycles. The molecule has 152 valence electrons. The van der Waals surface area contributed by atoms with Gasteiger partial charge in [0.05, 0.1) is 30.4 Å². The second-order valence-electron chi connectivity index (χ2n) is 7.53. The fourth-order valence-electron chi connectivity index (χ4n) is 4.73. The van der Waals surface area contributed by atoms with E-state index in [9.17, 15) is 24.9 Å². The van der Waals surface area contributed by atoms with E-state index in [0.29, 0.717) is 54.7 Å². The zero-order valence-corrected chi connectivity index (χ0v) is 16.4. The zero-order chi connectivity index (χ0) is 20.9. The minimum Gasteiger partial charge on any atom is -0.507 e. The highest BCUT2D eigenvalue weighted by molar-refractivity contribution is 6.33. The Morgan fingerprint density at radius 1 is 1.14 bits per heavy atom. The van der Waals surface area contributed by atoms with E-state index < -0.39 is 11.6 Å².